The Hall–Kier alpha value is -1.42. The number of carbonyl (C=O) groups excluding carboxylic acids is 1. The second-order valence-electron chi connectivity index (χ2n) is 3.01. The van der Waals surface area contributed by atoms with Crippen LogP contribution in [0, 0.1) is 0 Å². The van der Waals surface area contributed by atoms with Gasteiger partial charge in [-0.2, -0.15) is 0 Å². The van der Waals surface area contributed by atoms with E-state index in [9.17, 15) is 4.79 Å². The Morgan fingerprint density at radius 3 is 2.31 bits per heavy atom. The van der Waals surface area contributed by atoms with Gasteiger partial charge in [0, 0.05) is 6.07 Å². The predicted octanol–water partition coefficient (Wildman–Crippen LogP) is 2.24. The topological polar surface area (TPSA) is 61.5 Å². The molecular formula is C11H14ClNO3. The van der Waals surface area contributed by atoms with E-state index < -0.39 is 5.91 Å². The Bertz CT molecular complexity index is 393. The molecule has 88 valence electrons. The summed E-state index contributed by atoms with van der Waals surface area (Å²) in [5, 5.41) is 0.398. The molecule has 0 aliphatic heterocycles. The Kier molecular flexibility index (Phi) is 4.43. The lowest BCUT2D eigenvalue weighted by molar-refractivity contribution is 0.0996. The van der Waals surface area contributed by atoms with Crippen LogP contribution in [0.3, 0.4) is 0 Å². The van der Waals surface area contributed by atoms with Gasteiger partial charge in [-0.25, -0.2) is 0 Å². The van der Waals surface area contributed by atoms with Crippen molar-refractivity contribution in [3.63, 3.8) is 0 Å². The predicted molar refractivity (Wildman–Crippen MR) is 62.3 cm³/mol. The molecule has 0 heterocycles. The van der Waals surface area contributed by atoms with Gasteiger partial charge in [0.05, 0.1) is 23.8 Å². The zero-order chi connectivity index (χ0) is 12.1. The van der Waals surface area contributed by atoms with Crippen molar-refractivity contribution in [1.29, 1.82) is 0 Å². The van der Waals surface area contributed by atoms with E-state index in [2.05, 4.69) is 0 Å². The molecule has 2 N–H and O–H groups in total. The van der Waals surface area contributed by atoms with Crippen LogP contribution in [-0.4, -0.2) is 19.1 Å². The molecule has 0 saturated heterocycles. The summed E-state index contributed by atoms with van der Waals surface area (Å²) in [6.45, 7) is 4.54. The molecule has 0 atom stereocenters. The van der Waals surface area contributed by atoms with Crippen molar-refractivity contribution < 1.29 is 14.3 Å². The van der Waals surface area contributed by atoms with Crippen LogP contribution in [0.15, 0.2) is 12.1 Å². The third-order valence-corrected chi connectivity index (χ3v) is 2.19. The maximum absolute atomic E-state index is 11.2. The molecule has 1 aromatic carbocycles. The van der Waals surface area contributed by atoms with E-state index in [4.69, 9.17) is 26.8 Å². The van der Waals surface area contributed by atoms with Crippen LogP contribution in [0.5, 0.6) is 11.5 Å². The molecule has 0 aromatic heterocycles. The summed E-state index contributed by atoms with van der Waals surface area (Å²) >= 11 is 5.96. The first-order valence-corrected chi connectivity index (χ1v) is 5.36. The van der Waals surface area contributed by atoms with Gasteiger partial charge in [0.25, 0.3) is 5.91 Å². The Morgan fingerprint density at radius 2 is 1.81 bits per heavy atom. The number of rotatable bonds is 5. The van der Waals surface area contributed by atoms with Crippen LogP contribution in [-0.2, 0) is 0 Å². The molecule has 16 heavy (non-hydrogen) atoms. The Morgan fingerprint density at radius 1 is 1.25 bits per heavy atom. The van der Waals surface area contributed by atoms with Gasteiger partial charge in [-0.05, 0) is 19.9 Å². The molecule has 1 aromatic rings. The van der Waals surface area contributed by atoms with Crippen LogP contribution in [0.25, 0.3) is 0 Å². The van der Waals surface area contributed by atoms with Gasteiger partial charge in [0.1, 0.15) is 11.5 Å². The largest absolute Gasteiger partial charge is 0.493 e. The van der Waals surface area contributed by atoms with E-state index >= 15 is 0 Å². The molecule has 0 bridgehead atoms. The fraction of sp³-hybridized carbons (Fsp3) is 0.364. The Balaban J connectivity index is 3.19. The van der Waals surface area contributed by atoms with Gasteiger partial charge >= 0.3 is 0 Å². The Labute approximate surface area is 99.3 Å². The smallest absolute Gasteiger partial charge is 0.252 e. The van der Waals surface area contributed by atoms with E-state index in [1.54, 1.807) is 0 Å². The highest BCUT2D eigenvalue weighted by Gasteiger charge is 2.14. The molecule has 0 unspecified atom stereocenters. The van der Waals surface area contributed by atoms with Crippen molar-refractivity contribution in [1.82, 2.24) is 0 Å². The van der Waals surface area contributed by atoms with E-state index in [1.807, 2.05) is 13.8 Å². The summed E-state index contributed by atoms with van der Waals surface area (Å²) in [6, 6.07) is 3.04. The second kappa shape index (κ2) is 5.61. The first kappa shape index (κ1) is 12.6. The number of nitrogens with two attached hydrogens (primary N) is 1. The standard InChI is InChI=1S/C11H14ClNO3/c1-3-15-9-6-8(12)10(16-4-2)5-7(9)11(13)14/h5-6H,3-4H2,1-2H3,(H2,13,14). The maximum atomic E-state index is 11.2. The zero-order valence-corrected chi connectivity index (χ0v) is 10.0. The number of primary amides is 1. The molecule has 1 amide bonds. The molecule has 0 saturated carbocycles. The highest BCUT2D eigenvalue weighted by atomic mass is 35.5. The van der Waals surface area contributed by atoms with E-state index in [0.29, 0.717) is 29.7 Å². The second-order valence-corrected chi connectivity index (χ2v) is 3.42. The van der Waals surface area contributed by atoms with Crippen molar-refractivity contribution in [2.45, 2.75) is 13.8 Å². The molecule has 0 aliphatic carbocycles. The molecule has 1 rings (SSSR count). The minimum Gasteiger partial charge on any atom is -0.493 e. The number of amides is 1. The first-order valence-electron chi connectivity index (χ1n) is 4.99. The molecule has 4 nitrogen and oxygen atoms in total. The zero-order valence-electron chi connectivity index (χ0n) is 9.25. The molecule has 0 radical (unpaired) electrons. The van der Waals surface area contributed by atoms with Gasteiger partial charge in [-0.15, -0.1) is 0 Å². The minimum absolute atomic E-state index is 0.273. The van der Waals surface area contributed by atoms with Gasteiger partial charge in [0.2, 0.25) is 0 Å². The molecular weight excluding hydrogens is 230 g/mol. The number of benzene rings is 1. The third-order valence-electron chi connectivity index (χ3n) is 1.90. The van der Waals surface area contributed by atoms with Crippen molar-refractivity contribution in [2.24, 2.45) is 5.73 Å². The van der Waals surface area contributed by atoms with E-state index in [-0.39, 0.29) is 5.56 Å². The first-order chi connectivity index (χ1) is 7.60. The minimum atomic E-state index is -0.568. The maximum Gasteiger partial charge on any atom is 0.252 e. The van der Waals surface area contributed by atoms with E-state index in [0.717, 1.165) is 0 Å². The number of ether oxygens (including phenoxy) is 2. The summed E-state index contributed by atoms with van der Waals surface area (Å²) < 4.78 is 10.5. The molecule has 5 heteroatoms. The average molecular weight is 244 g/mol. The normalized spacial score (nSPS) is 9.94. The van der Waals surface area contributed by atoms with Crippen molar-refractivity contribution in [3.8, 4) is 11.5 Å². The van der Waals surface area contributed by atoms with Gasteiger partial charge < -0.3 is 15.2 Å². The van der Waals surface area contributed by atoms with Crippen LogP contribution >= 0.6 is 11.6 Å². The van der Waals surface area contributed by atoms with E-state index in [1.165, 1.54) is 12.1 Å². The summed E-state index contributed by atoms with van der Waals surface area (Å²) in [6.07, 6.45) is 0. The van der Waals surface area contributed by atoms with Gasteiger partial charge in [-0.3, -0.25) is 4.79 Å². The number of hydrogen-bond donors (Lipinski definition) is 1. The lowest BCUT2D eigenvalue weighted by Crippen LogP contribution is -2.13. The third kappa shape index (κ3) is 2.79. The van der Waals surface area contributed by atoms with Crippen LogP contribution in [0.1, 0.15) is 24.2 Å². The lowest BCUT2D eigenvalue weighted by atomic mass is 10.2. The van der Waals surface area contributed by atoms with Crippen molar-refractivity contribution >= 4 is 17.5 Å². The SMILES string of the molecule is CCOc1cc(C(N)=O)c(OCC)cc1Cl. The van der Waals surface area contributed by atoms with Gasteiger partial charge in [-0.1, -0.05) is 11.6 Å². The van der Waals surface area contributed by atoms with Crippen LogP contribution < -0.4 is 15.2 Å². The molecule has 0 spiro atoms. The van der Waals surface area contributed by atoms with Crippen molar-refractivity contribution in [3.05, 3.63) is 22.7 Å². The summed E-state index contributed by atoms with van der Waals surface area (Å²) in [7, 11) is 0. The summed E-state index contributed by atoms with van der Waals surface area (Å²) in [5.74, 6) is 0.242. The van der Waals surface area contributed by atoms with Crippen molar-refractivity contribution in [2.75, 3.05) is 13.2 Å². The quantitative estimate of drug-likeness (QED) is 0.863. The number of hydrogen-bond acceptors (Lipinski definition) is 3. The average Bonchev–Trinajstić information content (AvgIpc) is 2.22. The lowest BCUT2D eigenvalue weighted by Gasteiger charge is -2.12. The van der Waals surface area contributed by atoms with Crippen LogP contribution in [0.4, 0.5) is 0 Å². The highest BCUT2D eigenvalue weighted by molar-refractivity contribution is 6.32. The molecule has 0 aliphatic rings. The van der Waals surface area contributed by atoms with Gasteiger partial charge in [0.15, 0.2) is 0 Å². The highest BCUT2D eigenvalue weighted by Crippen LogP contribution is 2.32. The fourth-order valence-electron chi connectivity index (χ4n) is 1.27. The summed E-state index contributed by atoms with van der Waals surface area (Å²) in [4.78, 5) is 11.2. The molecule has 0 fully saturated rings. The fourth-order valence-corrected chi connectivity index (χ4v) is 1.48. The number of carbonyl (C=O) groups is 1. The van der Waals surface area contributed by atoms with Crippen LogP contribution in [0.2, 0.25) is 5.02 Å². The summed E-state index contributed by atoms with van der Waals surface area (Å²) in [5.41, 5.74) is 5.52. The monoisotopic (exact) mass is 243 g/mol. The number of halogens is 1.